The Hall–Kier alpha value is -1.17. The number of nitrogens with zero attached hydrogens (tertiary/aromatic N) is 1. The maximum atomic E-state index is 13.7. The Morgan fingerprint density at radius 2 is 2.10 bits per heavy atom. The summed E-state index contributed by atoms with van der Waals surface area (Å²) in [5, 5.41) is 14.3. The highest BCUT2D eigenvalue weighted by molar-refractivity contribution is 7.99. The molecule has 2 aromatic rings. The third-order valence-electron chi connectivity index (χ3n) is 3.99. The topological polar surface area (TPSA) is 45.1 Å². The minimum Gasteiger partial charge on any atom is -0.389 e. The first-order valence-corrected chi connectivity index (χ1v) is 8.36. The van der Waals surface area contributed by atoms with Gasteiger partial charge in [0, 0.05) is 24.7 Å². The first-order valence-electron chi connectivity index (χ1n) is 7.21. The molecule has 0 unspecified atom stereocenters. The lowest BCUT2D eigenvalue weighted by atomic mass is 9.97. The zero-order valence-electron chi connectivity index (χ0n) is 11.8. The Morgan fingerprint density at radius 1 is 1.29 bits per heavy atom. The predicted molar refractivity (Wildman–Crippen MR) is 84.9 cm³/mol. The van der Waals surface area contributed by atoms with E-state index in [0.29, 0.717) is 24.0 Å². The van der Waals surface area contributed by atoms with Gasteiger partial charge in [-0.3, -0.25) is 4.98 Å². The number of pyridine rings is 1. The number of benzene rings is 1. The molecule has 0 atom stereocenters. The van der Waals surface area contributed by atoms with Crippen LogP contribution in [0, 0.1) is 5.82 Å². The second-order valence-electron chi connectivity index (χ2n) is 5.55. The van der Waals surface area contributed by atoms with E-state index in [9.17, 15) is 9.50 Å². The lowest BCUT2D eigenvalue weighted by Crippen LogP contribution is -2.43. The Balaban J connectivity index is 1.69. The van der Waals surface area contributed by atoms with Crippen LogP contribution < -0.4 is 5.32 Å². The summed E-state index contributed by atoms with van der Waals surface area (Å²) < 4.78 is 13.7. The summed E-state index contributed by atoms with van der Waals surface area (Å²) in [4.78, 5) is 4.28. The van der Waals surface area contributed by atoms with E-state index in [1.54, 1.807) is 24.4 Å². The third kappa shape index (κ3) is 3.36. The van der Waals surface area contributed by atoms with Crippen molar-refractivity contribution in [3.8, 4) is 0 Å². The Labute approximate surface area is 128 Å². The van der Waals surface area contributed by atoms with Crippen LogP contribution in [0.4, 0.5) is 4.39 Å². The fourth-order valence-corrected chi connectivity index (χ4v) is 3.95. The van der Waals surface area contributed by atoms with Gasteiger partial charge in [0.2, 0.25) is 0 Å². The number of aromatic nitrogens is 1. The van der Waals surface area contributed by atoms with E-state index in [2.05, 4.69) is 10.3 Å². The summed E-state index contributed by atoms with van der Waals surface area (Å²) in [7, 11) is 0. The minimum atomic E-state index is -0.603. The number of halogens is 1. The molecule has 0 amide bonds. The molecule has 1 aliphatic heterocycles. The molecule has 2 heterocycles. The minimum absolute atomic E-state index is 0.246. The maximum Gasteiger partial charge on any atom is 0.132 e. The molecule has 21 heavy (non-hydrogen) atoms. The maximum absolute atomic E-state index is 13.7. The number of hydrogen-bond donors (Lipinski definition) is 2. The zero-order chi connectivity index (χ0) is 14.7. The van der Waals surface area contributed by atoms with Gasteiger partial charge in [-0.05, 0) is 48.1 Å². The first-order chi connectivity index (χ1) is 10.2. The van der Waals surface area contributed by atoms with Crippen LogP contribution in [0.25, 0.3) is 10.9 Å². The zero-order valence-corrected chi connectivity index (χ0v) is 12.6. The molecule has 1 aromatic heterocycles. The number of hydrogen-bond acceptors (Lipinski definition) is 4. The van der Waals surface area contributed by atoms with Crippen molar-refractivity contribution in [1.29, 1.82) is 0 Å². The second-order valence-corrected chi connectivity index (χ2v) is 6.77. The predicted octanol–water partition coefficient (Wildman–Crippen LogP) is 2.72. The number of rotatable bonds is 4. The quantitative estimate of drug-likeness (QED) is 0.912. The molecule has 0 bridgehead atoms. The van der Waals surface area contributed by atoms with Crippen LogP contribution in [-0.2, 0) is 6.54 Å². The van der Waals surface area contributed by atoms with Crippen LogP contribution in [-0.4, -0.2) is 33.7 Å². The summed E-state index contributed by atoms with van der Waals surface area (Å²) in [5.74, 6) is 1.78. The third-order valence-corrected chi connectivity index (χ3v) is 4.98. The summed E-state index contributed by atoms with van der Waals surface area (Å²) in [6, 6.07) is 6.73. The van der Waals surface area contributed by atoms with Gasteiger partial charge >= 0.3 is 0 Å². The normalized spacial score (nSPS) is 18.0. The summed E-state index contributed by atoms with van der Waals surface area (Å²) in [6.07, 6.45) is 3.33. The molecule has 1 aliphatic rings. The van der Waals surface area contributed by atoms with Crippen molar-refractivity contribution < 1.29 is 9.50 Å². The summed E-state index contributed by atoms with van der Waals surface area (Å²) in [6.45, 7) is 1.16. The van der Waals surface area contributed by atoms with Crippen molar-refractivity contribution in [2.45, 2.75) is 25.0 Å². The van der Waals surface area contributed by atoms with Crippen LogP contribution in [0.2, 0.25) is 0 Å². The van der Waals surface area contributed by atoms with Gasteiger partial charge in [-0.15, -0.1) is 0 Å². The van der Waals surface area contributed by atoms with Gasteiger partial charge in [-0.25, -0.2) is 4.39 Å². The van der Waals surface area contributed by atoms with Gasteiger partial charge in [0.1, 0.15) is 5.82 Å². The summed E-state index contributed by atoms with van der Waals surface area (Å²) >= 11 is 1.89. The van der Waals surface area contributed by atoms with Crippen LogP contribution in [0.15, 0.2) is 30.5 Å². The fraction of sp³-hybridized carbons (Fsp3) is 0.438. The van der Waals surface area contributed by atoms with E-state index < -0.39 is 5.60 Å². The number of thioether (sulfide) groups is 1. The van der Waals surface area contributed by atoms with Crippen LogP contribution >= 0.6 is 11.8 Å². The molecule has 0 spiro atoms. The van der Waals surface area contributed by atoms with Crippen molar-refractivity contribution in [3.63, 3.8) is 0 Å². The molecule has 3 rings (SSSR count). The van der Waals surface area contributed by atoms with Gasteiger partial charge < -0.3 is 10.4 Å². The molecule has 1 aromatic carbocycles. The fourth-order valence-electron chi connectivity index (χ4n) is 2.70. The molecule has 0 radical (unpaired) electrons. The number of nitrogens with one attached hydrogen (secondary N) is 1. The van der Waals surface area contributed by atoms with E-state index in [4.69, 9.17) is 0 Å². The van der Waals surface area contributed by atoms with E-state index in [1.807, 2.05) is 11.8 Å². The van der Waals surface area contributed by atoms with Crippen LogP contribution in [0.3, 0.4) is 0 Å². The molecular weight excluding hydrogens is 287 g/mol. The van der Waals surface area contributed by atoms with E-state index in [-0.39, 0.29) is 5.82 Å². The Kier molecular flexibility index (Phi) is 4.42. The van der Waals surface area contributed by atoms with Crippen molar-refractivity contribution in [2.24, 2.45) is 0 Å². The molecule has 0 aliphatic carbocycles. The highest BCUT2D eigenvalue weighted by Gasteiger charge is 2.28. The standard InChI is InChI=1S/C16H19FN2OS/c17-14-4-3-12(15-13(14)2-1-7-19-15)10-18-11-16(20)5-8-21-9-6-16/h1-4,7,18,20H,5-6,8-11H2. The van der Waals surface area contributed by atoms with E-state index in [1.165, 1.54) is 6.07 Å². The monoisotopic (exact) mass is 306 g/mol. The van der Waals surface area contributed by atoms with Crippen molar-refractivity contribution in [3.05, 3.63) is 41.8 Å². The molecular formula is C16H19FN2OS. The molecule has 5 heteroatoms. The number of aliphatic hydroxyl groups is 1. The lowest BCUT2D eigenvalue weighted by Gasteiger charge is -2.32. The highest BCUT2D eigenvalue weighted by Crippen LogP contribution is 2.26. The molecule has 0 saturated carbocycles. The SMILES string of the molecule is OC1(CNCc2ccc(F)c3cccnc23)CCSCC1. The first kappa shape index (κ1) is 14.8. The van der Waals surface area contributed by atoms with E-state index in [0.717, 1.165) is 29.9 Å². The smallest absolute Gasteiger partial charge is 0.132 e. The van der Waals surface area contributed by atoms with Gasteiger partial charge in [0.05, 0.1) is 11.1 Å². The highest BCUT2D eigenvalue weighted by atomic mass is 32.2. The molecule has 1 fully saturated rings. The number of fused-ring (bicyclic) bond motifs is 1. The van der Waals surface area contributed by atoms with Crippen molar-refractivity contribution in [2.75, 3.05) is 18.1 Å². The molecule has 3 nitrogen and oxygen atoms in total. The van der Waals surface area contributed by atoms with Gasteiger partial charge in [-0.2, -0.15) is 11.8 Å². The van der Waals surface area contributed by atoms with Crippen molar-refractivity contribution in [1.82, 2.24) is 10.3 Å². The van der Waals surface area contributed by atoms with Crippen LogP contribution in [0.5, 0.6) is 0 Å². The second kappa shape index (κ2) is 6.30. The largest absolute Gasteiger partial charge is 0.389 e. The van der Waals surface area contributed by atoms with Crippen LogP contribution in [0.1, 0.15) is 18.4 Å². The Morgan fingerprint density at radius 3 is 2.90 bits per heavy atom. The van der Waals surface area contributed by atoms with Gasteiger partial charge in [0.15, 0.2) is 0 Å². The molecule has 2 N–H and O–H groups in total. The lowest BCUT2D eigenvalue weighted by molar-refractivity contribution is 0.0320. The van der Waals surface area contributed by atoms with Crippen molar-refractivity contribution >= 4 is 22.7 Å². The van der Waals surface area contributed by atoms with Gasteiger partial charge in [-0.1, -0.05) is 6.07 Å². The van der Waals surface area contributed by atoms with E-state index >= 15 is 0 Å². The van der Waals surface area contributed by atoms with Gasteiger partial charge in [0.25, 0.3) is 0 Å². The molecule has 1 saturated heterocycles. The Bertz CT molecular complexity index is 629. The average molecular weight is 306 g/mol. The molecule has 112 valence electrons. The average Bonchev–Trinajstić information content (AvgIpc) is 2.50. The summed E-state index contributed by atoms with van der Waals surface area (Å²) in [5.41, 5.74) is 1.05.